The van der Waals surface area contributed by atoms with Gasteiger partial charge in [0.1, 0.15) is 4.90 Å². The second-order valence-corrected chi connectivity index (χ2v) is 10.7. The number of hydrogen-bond acceptors (Lipinski definition) is 8. The third-order valence-electron chi connectivity index (χ3n) is 4.66. The zero-order valence-electron chi connectivity index (χ0n) is 21.3. The summed E-state index contributed by atoms with van der Waals surface area (Å²) in [6, 6.07) is 3.86. The normalized spacial score (nSPS) is 12.2. The highest BCUT2D eigenvalue weighted by molar-refractivity contribution is 7.86. The highest BCUT2D eigenvalue weighted by Gasteiger charge is 2.30. The van der Waals surface area contributed by atoms with Crippen molar-refractivity contribution in [3.63, 3.8) is 0 Å². The van der Waals surface area contributed by atoms with Crippen LogP contribution in [-0.2, 0) is 33.5 Å². The summed E-state index contributed by atoms with van der Waals surface area (Å²) >= 11 is 0. The maximum Gasteiger partial charge on any atom is 0.373 e. The summed E-state index contributed by atoms with van der Waals surface area (Å²) in [5.74, 6) is -0.848. The molecule has 0 bridgehead atoms. The quantitative estimate of drug-likeness (QED) is 0.271. The van der Waals surface area contributed by atoms with Crippen LogP contribution < -0.4 is 0 Å². The van der Waals surface area contributed by atoms with E-state index >= 15 is 0 Å². The molecule has 0 aromatic heterocycles. The molecule has 0 N–H and O–H groups in total. The molecule has 0 heterocycles. The number of nitrogens with zero attached hydrogens (tertiary/aromatic N) is 1. The summed E-state index contributed by atoms with van der Waals surface area (Å²) in [5, 5.41) is 3.74. The van der Waals surface area contributed by atoms with Crippen molar-refractivity contribution in [1.29, 1.82) is 0 Å². The molecule has 0 unspecified atom stereocenters. The van der Waals surface area contributed by atoms with E-state index in [4.69, 9.17) is 18.6 Å². The van der Waals surface area contributed by atoms with Gasteiger partial charge in [-0.15, -0.1) is 0 Å². The molecule has 0 aliphatic rings. The smallest absolute Gasteiger partial charge is 0.373 e. The highest BCUT2D eigenvalue weighted by atomic mass is 32.2. The second kappa shape index (κ2) is 13.3. The average Bonchev–Trinajstić information content (AvgIpc) is 2.66. The van der Waals surface area contributed by atoms with Crippen molar-refractivity contribution in [3.05, 3.63) is 28.8 Å². The highest BCUT2D eigenvalue weighted by Crippen LogP contribution is 2.36. The Morgan fingerprint density at radius 2 is 1.27 bits per heavy atom. The van der Waals surface area contributed by atoms with Crippen LogP contribution in [0.4, 0.5) is 0 Å². The lowest BCUT2D eigenvalue weighted by molar-refractivity contribution is -0.191. The Labute approximate surface area is 197 Å². The molecule has 1 aromatic rings. The minimum Gasteiger partial charge on any atom is -0.458 e. The van der Waals surface area contributed by atoms with E-state index in [1.807, 2.05) is 39.8 Å². The van der Waals surface area contributed by atoms with Gasteiger partial charge in [-0.3, -0.25) is 4.28 Å². The first-order chi connectivity index (χ1) is 15.1. The Kier molecular flexibility index (Phi) is 12.2. The maximum atomic E-state index is 13.3. The van der Waals surface area contributed by atoms with Gasteiger partial charge < -0.3 is 4.74 Å². The fraction of sp³-hybridized carbons (Fsp3) is 0.625. The van der Waals surface area contributed by atoms with Crippen LogP contribution in [0.15, 0.2) is 22.2 Å². The van der Waals surface area contributed by atoms with Crippen molar-refractivity contribution >= 4 is 28.0 Å². The van der Waals surface area contributed by atoms with E-state index < -0.39 is 16.1 Å². The van der Waals surface area contributed by atoms with E-state index in [1.54, 1.807) is 27.7 Å². The van der Waals surface area contributed by atoms with Crippen LogP contribution in [0.5, 0.6) is 0 Å². The third-order valence-corrected chi connectivity index (χ3v) is 5.90. The fourth-order valence-electron chi connectivity index (χ4n) is 2.96. The average molecular weight is 484 g/mol. The number of carbonyl (C=O) groups is 1. The molecule has 1 aromatic carbocycles. The van der Waals surface area contributed by atoms with Gasteiger partial charge in [0.25, 0.3) is 0 Å². The Balaban J connectivity index is 0.00000322. The minimum absolute atomic E-state index is 0.0333. The maximum absolute atomic E-state index is 13.3. The van der Waals surface area contributed by atoms with E-state index in [-0.39, 0.29) is 46.5 Å². The van der Waals surface area contributed by atoms with Gasteiger partial charge in [0, 0.05) is 5.92 Å². The Morgan fingerprint density at radius 1 is 0.848 bits per heavy atom. The van der Waals surface area contributed by atoms with Gasteiger partial charge in [0.2, 0.25) is 0 Å². The van der Waals surface area contributed by atoms with E-state index in [1.165, 1.54) is 0 Å². The van der Waals surface area contributed by atoms with Crippen LogP contribution in [0.3, 0.4) is 0 Å². The van der Waals surface area contributed by atoms with Gasteiger partial charge in [-0.1, -0.05) is 72.7 Å². The molecule has 0 saturated heterocycles. The van der Waals surface area contributed by atoms with Crippen LogP contribution in [0, 0.1) is 5.92 Å². The van der Waals surface area contributed by atoms with Crippen molar-refractivity contribution in [2.24, 2.45) is 11.1 Å². The van der Waals surface area contributed by atoms with Crippen LogP contribution in [-0.4, -0.2) is 32.4 Å². The van der Waals surface area contributed by atoms with E-state index in [9.17, 15) is 13.2 Å². The standard InChI is InChI=1S/C23H37NO5S.CO2/c1-13(2)18-11-19(14(3)4)22(20(12-18)15(5)6)30(26,27)29-24-21(16(7)8)23(25)28-17(9)10;2-1-3/h11-17H,1-10H3;/b24-21-;. The molecular weight excluding hydrogens is 446 g/mol. The fourth-order valence-corrected chi connectivity index (χ4v) is 4.38. The summed E-state index contributed by atoms with van der Waals surface area (Å²) < 4.78 is 36.8. The summed E-state index contributed by atoms with van der Waals surface area (Å²) in [6.07, 6.45) is -0.0956. The van der Waals surface area contributed by atoms with Crippen molar-refractivity contribution in [2.75, 3.05) is 0 Å². The zero-order chi connectivity index (χ0) is 26.1. The molecule has 0 radical (unpaired) electrons. The second-order valence-electron chi connectivity index (χ2n) is 9.19. The molecular formula is C24H37NO7S. The predicted octanol–water partition coefficient (Wildman–Crippen LogP) is 5.14. The first kappa shape index (κ1) is 30.5. The molecule has 1 rings (SSSR count). The van der Waals surface area contributed by atoms with Gasteiger partial charge >= 0.3 is 22.2 Å². The van der Waals surface area contributed by atoms with Crippen molar-refractivity contribution in [3.8, 4) is 0 Å². The number of oxime groups is 1. The SMILES string of the molecule is CC(C)OC(=O)/C(=N\OS(=O)(=O)c1c(C(C)C)cc(C(C)C)cc1C(C)C)C(C)C.O=C=O. The molecule has 0 saturated carbocycles. The summed E-state index contributed by atoms with van der Waals surface area (Å²) in [7, 11) is -4.24. The summed E-state index contributed by atoms with van der Waals surface area (Å²) in [4.78, 5) is 28.7. The third kappa shape index (κ3) is 9.10. The number of benzene rings is 1. The monoisotopic (exact) mass is 483 g/mol. The molecule has 8 nitrogen and oxygen atoms in total. The van der Waals surface area contributed by atoms with Gasteiger partial charge in [0.15, 0.2) is 5.71 Å². The zero-order valence-corrected chi connectivity index (χ0v) is 22.1. The van der Waals surface area contributed by atoms with Crippen LogP contribution in [0.1, 0.15) is 104 Å². The lowest BCUT2D eigenvalue weighted by Gasteiger charge is -2.21. The first-order valence-corrected chi connectivity index (χ1v) is 12.4. The van der Waals surface area contributed by atoms with Crippen molar-refractivity contribution < 1.29 is 31.8 Å². The van der Waals surface area contributed by atoms with E-state index in [0.29, 0.717) is 11.1 Å². The van der Waals surface area contributed by atoms with Gasteiger partial charge in [0.05, 0.1) is 6.10 Å². The predicted molar refractivity (Wildman–Crippen MR) is 125 cm³/mol. The molecule has 0 spiro atoms. The molecule has 33 heavy (non-hydrogen) atoms. The lowest BCUT2D eigenvalue weighted by Crippen LogP contribution is -2.26. The molecule has 186 valence electrons. The van der Waals surface area contributed by atoms with Crippen molar-refractivity contribution in [1.82, 2.24) is 0 Å². The minimum atomic E-state index is -4.24. The summed E-state index contributed by atoms with van der Waals surface area (Å²) in [6.45, 7) is 18.8. The molecule has 0 aliphatic carbocycles. The molecule has 0 amide bonds. The Hall–Kier alpha value is -2.51. The number of rotatable bonds is 9. The lowest BCUT2D eigenvalue weighted by atomic mass is 9.89. The molecule has 0 aliphatic heterocycles. The molecule has 0 fully saturated rings. The van der Waals surface area contributed by atoms with E-state index in [0.717, 1.165) is 5.56 Å². The van der Waals surface area contributed by atoms with Crippen LogP contribution >= 0.6 is 0 Å². The summed E-state index contributed by atoms with van der Waals surface area (Å²) in [5.41, 5.74) is 2.39. The van der Waals surface area contributed by atoms with Crippen LogP contribution in [0.25, 0.3) is 0 Å². The van der Waals surface area contributed by atoms with Gasteiger partial charge in [-0.2, -0.15) is 18.0 Å². The largest absolute Gasteiger partial charge is 0.458 e. The van der Waals surface area contributed by atoms with Gasteiger partial charge in [-0.05, 0) is 48.3 Å². The Bertz CT molecular complexity index is 940. The van der Waals surface area contributed by atoms with Crippen molar-refractivity contribution in [2.45, 2.75) is 98.0 Å². The number of esters is 1. The molecule has 0 atom stereocenters. The molecule has 9 heteroatoms. The van der Waals surface area contributed by atoms with Gasteiger partial charge in [-0.25, -0.2) is 4.79 Å². The first-order valence-electron chi connectivity index (χ1n) is 11.0. The number of carbonyl (C=O) groups excluding carboxylic acids is 3. The Morgan fingerprint density at radius 3 is 1.58 bits per heavy atom. The van der Waals surface area contributed by atoms with E-state index in [2.05, 4.69) is 19.0 Å². The number of ether oxygens (including phenoxy) is 1. The topological polar surface area (TPSA) is 116 Å². The number of hydrogen-bond donors (Lipinski definition) is 0. The van der Waals surface area contributed by atoms with Crippen LogP contribution in [0.2, 0.25) is 0 Å².